The predicted molar refractivity (Wildman–Crippen MR) is 114 cm³/mol. The van der Waals surface area contributed by atoms with Gasteiger partial charge in [-0.05, 0) is 48.9 Å². The van der Waals surface area contributed by atoms with Gasteiger partial charge in [-0.2, -0.15) is 4.31 Å². The second kappa shape index (κ2) is 9.61. The molecule has 3 aromatic rings. The first kappa shape index (κ1) is 22.3. The molecule has 10 heteroatoms. The second-order valence-corrected chi connectivity index (χ2v) is 9.27. The topological polar surface area (TPSA) is 92.5 Å². The number of nitrogens with zero attached hydrogens (tertiary/aromatic N) is 2. The number of carbonyl (C=O) groups is 1. The molecule has 1 aromatic carbocycles. The van der Waals surface area contributed by atoms with Crippen LogP contribution in [-0.2, 0) is 21.4 Å². The van der Waals surface area contributed by atoms with Gasteiger partial charge >= 0.3 is 0 Å². The zero-order valence-electron chi connectivity index (χ0n) is 16.0. The summed E-state index contributed by atoms with van der Waals surface area (Å²) in [6.07, 6.45) is 2.59. The first-order valence-corrected chi connectivity index (χ1v) is 11.1. The highest BCUT2D eigenvalue weighted by atomic mass is 35.5. The maximum atomic E-state index is 13.1. The summed E-state index contributed by atoms with van der Waals surface area (Å²) in [5, 5.41) is 3.56. The minimum atomic E-state index is -4.02. The van der Waals surface area contributed by atoms with E-state index in [0.717, 1.165) is 16.1 Å². The Morgan fingerprint density at radius 1 is 1.17 bits per heavy atom. The lowest BCUT2D eigenvalue weighted by atomic mass is 10.1. The fourth-order valence-electron chi connectivity index (χ4n) is 2.75. The first-order valence-electron chi connectivity index (χ1n) is 8.94. The average molecular weight is 468 g/mol. The highest BCUT2D eigenvalue weighted by Gasteiger charge is 2.28. The predicted octanol–water partition coefficient (Wildman–Crippen LogP) is 4.05. The van der Waals surface area contributed by atoms with E-state index in [0.29, 0.717) is 10.8 Å². The highest BCUT2D eigenvalue weighted by Crippen LogP contribution is 2.20. The number of hydrogen-bond donors (Lipinski definition) is 1. The van der Waals surface area contributed by atoms with E-state index in [1.807, 2.05) is 0 Å². The van der Waals surface area contributed by atoms with Crippen LogP contribution in [-0.4, -0.2) is 30.2 Å². The van der Waals surface area contributed by atoms with Gasteiger partial charge in [0.05, 0.1) is 25.4 Å². The van der Waals surface area contributed by atoms with Gasteiger partial charge in [0.15, 0.2) is 0 Å². The molecule has 0 fully saturated rings. The molecule has 1 amide bonds. The molecule has 0 aliphatic rings. The van der Waals surface area contributed by atoms with Gasteiger partial charge in [0.25, 0.3) is 0 Å². The number of amides is 1. The Morgan fingerprint density at radius 2 is 1.90 bits per heavy atom. The molecule has 7 nitrogen and oxygen atoms in total. The molecule has 0 aliphatic carbocycles. The second-order valence-electron chi connectivity index (χ2n) is 6.51. The number of sulfonamides is 1. The molecule has 1 unspecified atom stereocenters. The monoisotopic (exact) mass is 467 g/mol. The van der Waals surface area contributed by atoms with Crippen LogP contribution < -0.4 is 5.32 Å². The van der Waals surface area contributed by atoms with Crippen LogP contribution >= 0.6 is 23.2 Å². The van der Waals surface area contributed by atoms with Crippen molar-refractivity contribution in [1.82, 2.24) is 14.6 Å². The molecule has 1 N–H and O–H groups in total. The maximum absolute atomic E-state index is 13.1. The molecule has 0 saturated carbocycles. The number of halogens is 2. The molecule has 3 rings (SSSR count). The normalized spacial score (nSPS) is 12.7. The van der Waals surface area contributed by atoms with Crippen molar-refractivity contribution in [2.75, 3.05) is 6.54 Å². The molecule has 0 radical (unpaired) electrons. The van der Waals surface area contributed by atoms with Crippen LogP contribution in [0.5, 0.6) is 0 Å². The third-order valence-electron chi connectivity index (χ3n) is 4.32. The molecule has 0 saturated heterocycles. The van der Waals surface area contributed by atoms with E-state index in [1.165, 1.54) is 18.4 Å². The first-order chi connectivity index (χ1) is 14.3. The number of aromatic nitrogens is 1. The van der Waals surface area contributed by atoms with Crippen molar-refractivity contribution in [3.8, 4) is 0 Å². The zero-order chi connectivity index (χ0) is 21.7. The number of nitrogens with one attached hydrogen (secondary N) is 1. The Morgan fingerprint density at radius 3 is 2.50 bits per heavy atom. The van der Waals surface area contributed by atoms with Crippen molar-refractivity contribution in [3.63, 3.8) is 0 Å². The summed E-state index contributed by atoms with van der Waals surface area (Å²) in [5.41, 5.74) is 0.843. The molecular weight excluding hydrogens is 449 g/mol. The molecule has 1 atom stereocenters. The summed E-state index contributed by atoms with van der Waals surface area (Å²) in [7, 11) is -4.02. The Hall–Kier alpha value is -2.39. The Kier molecular flexibility index (Phi) is 7.14. The lowest BCUT2D eigenvalue weighted by Gasteiger charge is -2.22. The molecule has 2 aromatic heterocycles. The third kappa shape index (κ3) is 5.60. The van der Waals surface area contributed by atoms with Crippen molar-refractivity contribution in [3.05, 3.63) is 82.5 Å². The fourth-order valence-corrected chi connectivity index (χ4v) is 4.29. The van der Waals surface area contributed by atoms with Crippen LogP contribution in [0.25, 0.3) is 0 Å². The summed E-state index contributed by atoms with van der Waals surface area (Å²) < 4.78 is 32.5. The van der Waals surface area contributed by atoms with Gasteiger partial charge in [-0.25, -0.2) is 13.4 Å². The summed E-state index contributed by atoms with van der Waals surface area (Å²) in [4.78, 5) is 16.4. The van der Waals surface area contributed by atoms with Crippen LogP contribution in [0.1, 0.15) is 24.3 Å². The van der Waals surface area contributed by atoms with Crippen LogP contribution in [0.3, 0.4) is 0 Å². The van der Waals surface area contributed by atoms with Gasteiger partial charge in [-0.15, -0.1) is 0 Å². The molecular formula is C20H19Cl2N3O4S. The Labute approximate surface area is 184 Å². The van der Waals surface area contributed by atoms with Gasteiger partial charge in [0, 0.05) is 11.2 Å². The highest BCUT2D eigenvalue weighted by molar-refractivity contribution is 7.89. The van der Waals surface area contributed by atoms with E-state index < -0.39 is 22.5 Å². The minimum absolute atomic E-state index is 0.0722. The number of benzene rings is 1. The van der Waals surface area contributed by atoms with E-state index in [-0.39, 0.29) is 22.6 Å². The van der Waals surface area contributed by atoms with Crippen LogP contribution in [0.4, 0.5) is 0 Å². The molecule has 0 spiro atoms. The maximum Gasteiger partial charge on any atom is 0.245 e. The fraction of sp³-hybridized carbons (Fsp3) is 0.200. The number of pyridine rings is 1. The van der Waals surface area contributed by atoms with Gasteiger partial charge in [0.1, 0.15) is 15.8 Å². The summed E-state index contributed by atoms with van der Waals surface area (Å²) in [6, 6.07) is 12.7. The van der Waals surface area contributed by atoms with E-state index in [2.05, 4.69) is 10.3 Å². The molecule has 2 heterocycles. The summed E-state index contributed by atoms with van der Waals surface area (Å²) >= 11 is 11.7. The molecule has 158 valence electrons. The van der Waals surface area contributed by atoms with E-state index >= 15 is 0 Å². The van der Waals surface area contributed by atoms with E-state index in [1.54, 1.807) is 43.3 Å². The largest absolute Gasteiger partial charge is 0.468 e. The van der Waals surface area contributed by atoms with Crippen LogP contribution in [0, 0.1) is 0 Å². The average Bonchev–Trinajstić information content (AvgIpc) is 3.21. The van der Waals surface area contributed by atoms with Gasteiger partial charge in [0.2, 0.25) is 15.9 Å². The summed E-state index contributed by atoms with van der Waals surface area (Å²) in [5.74, 6) is -0.0615. The summed E-state index contributed by atoms with van der Waals surface area (Å²) in [6.45, 7) is 1.29. The van der Waals surface area contributed by atoms with Crippen molar-refractivity contribution in [2.24, 2.45) is 0 Å². The van der Waals surface area contributed by atoms with Crippen molar-refractivity contribution >= 4 is 39.1 Å². The zero-order valence-corrected chi connectivity index (χ0v) is 18.3. The van der Waals surface area contributed by atoms with Gasteiger partial charge < -0.3 is 9.73 Å². The third-order valence-corrected chi connectivity index (χ3v) is 6.57. The van der Waals surface area contributed by atoms with Crippen LogP contribution in [0.2, 0.25) is 10.2 Å². The lowest BCUT2D eigenvalue weighted by molar-refractivity contribution is -0.122. The lowest BCUT2D eigenvalue weighted by Crippen LogP contribution is -2.41. The van der Waals surface area contributed by atoms with Crippen molar-refractivity contribution < 1.29 is 17.6 Å². The van der Waals surface area contributed by atoms with Crippen molar-refractivity contribution in [2.45, 2.75) is 24.4 Å². The van der Waals surface area contributed by atoms with E-state index in [9.17, 15) is 13.2 Å². The number of furan rings is 1. The van der Waals surface area contributed by atoms with Gasteiger partial charge in [-0.1, -0.05) is 35.3 Å². The van der Waals surface area contributed by atoms with Crippen molar-refractivity contribution in [1.29, 1.82) is 0 Å². The SMILES string of the molecule is CC(NC(=O)CN(Cc1ccco1)S(=O)(=O)c1ccc(Cl)nc1)c1ccc(Cl)cc1. The quantitative estimate of drug-likeness (QED) is 0.504. The minimum Gasteiger partial charge on any atom is -0.468 e. The smallest absolute Gasteiger partial charge is 0.245 e. The van der Waals surface area contributed by atoms with Gasteiger partial charge in [-0.3, -0.25) is 4.79 Å². The Bertz CT molecular complexity index is 1090. The molecule has 0 aliphatic heterocycles. The molecule has 0 bridgehead atoms. The Balaban J connectivity index is 1.79. The molecule has 30 heavy (non-hydrogen) atoms. The number of hydrogen-bond acceptors (Lipinski definition) is 5. The number of carbonyl (C=O) groups excluding carboxylic acids is 1. The number of rotatable bonds is 8. The van der Waals surface area contributed by atoms with Crippen LogP contribution in [0.15, 0.2) is 70.3 Å². The standard InChI is InChI=1S/C20H19Cl2N3O4S/c1-14(15-4-6-16(21)7-5-15)24-20(26)13-25(12-17-3-2-10-29-17)30(27,28)18-8-9-19(22)23-11-18/h2-11,14H,12-13H2,1H3,(H,24,26). The van der Waals surface area contributed by atoms with E-state index in [4.69, 9.17) is 27.6 Å².